The highest BCUT2D eigenvalue weighted by Crippen LogP contribution is 2.25. The topological polar surface area (TPSA) is 114 Å². The predicted molar refractivity (Wildman–Crippen MR) is 88.3 cm³/mol. The van der Waals surface area contributed by atoms with E-state index in [-0.39, 0.29) is 23.6 Å². The van der Waals surface area contributed by atoms with Crippen molar-refractivity contribution in [2.24, 2.45) is 0 Å². The number of aromatic amines is 1. The summed E-state index contributed by atoms with van der Waals surface area (Å²) in [6.45, 7) is 1.76. The lowest BCUT2D eigenvalue weighted by atomic mass is 10.1. The number of allylic oxidation sites excluding steroid dienone is 1. The first-order chi connectivity index (χ1) is 10.5. The Morgan fingerprint density at radius 1 is 1.59 bits per heavy atom. The van der Waals surface area contributed by atoms with Crippen molar-refractivity contribution >= 4 is 36.1 Å². The standard InChI is InChI=1S/C13H12IN3O5/c1-3-22-13(19)8-6-7-10(15-2)9(17(20)21)4-5-14-11(7)16-12(8)18/h4,6,15H,3H2,1-2H3,(H,16,18). The highest BCUT2D eigenvalue weighted by Gasteiger charge is 2.24. The quantitative estimate of drug-likeness (QED) is 0.247. The van der Waals surface area contributed by atoms with Gasteiger partial charge in [-0.15, -0.1) is 0 Å². The van der Waals surface area contributed by atoms with E-state index in [0.29, 0.717) is 9.26 Å². The van der Waals surface area contributed by atoms with Gasteiger partial charge in [0.25, 0.3) is 5.56 Å². The van der Waals surface area contributed by atoms with Crippen LogP contribution in [-0.4, -0.2) is 33.2 Å². The molecule has 1 aromatic heterocycles. The molecular weight excluding hydrogens is 405 g/mol. The summed E-state index contributed by atoms with van der Waals surface area (Å²) >= 11 is -0.876. The zero-order chi connectivity index (χ0) is 16.3. The summed E-state index contributed by atoms with van der Waals surface area (Å²) in [5, 5.41) is 13.9. The minimum atomic E-state index is -0.876. The minimum Gasteiger partial charge on any atom is -0.462 e. The van der Waals surface area contributed by atoms with Gasteiger partial charge >= 0.3 is 11.7 Å². The molecule has 2 heterocycles. The highest BCUT2D eigenvalue weighted by molar-refractivity contribution is 14.2. The fourth-order valence-corrected chi connectivity index (χ4v) is 3.73. The largest absolute Gasteiger partial charge is 0.462 e. The van der Waals surface area contributed by atoms with Crippen LogP contribution in [0.4, 0.5) is 0 Å². The van der Waals surface area contributed by atoms with Gasteiger partial charge in [0.2, 0.25) is 0 Å². The number of hydrogen-bond donors (Lipinski definition) is 2. The van der Waals surface area contributed by atoms with E-state index in [2.05, 4.69) is 14.0 Å². The number of ether oxygens (including phenoxy) is 1. The van der Waals surface area contributed by atoms with Crippen LogP contribution in [0.25, 0.3) is 5.70 Å². The smallest absolute Gasteiger partial charge is 0.343 e. The Morgan fingerprint density at radius 3 is 2.91 bits per heavy atom. The zero-order valence-electron chi connectivity index (χ0n) is 11.7. The number of rotatable bonds is 4. The van der Waals surface area contributed by atoms with E-state index in [4.69, 9.17) is 4.74 Å². The Balaban J connectivity index is 2.73. The van der Waals surface area contributed by atoms with E-state index in [1.165, 1.54) is 19.2 Å². The van der Waals surface area contributed by atoms with Crippen molar-refractivity contribution in [1.82, 2.24) is 10.3 Å². The van der Waals surface area contributed by atoms with Crippen LogP contribution in [0.3, 0.4) is 0 Å². The lowest BCUT2D eigenvalue weighted by Gasteiger charge is -2.10. The summed E-state index contributed by atoms with van der Waals surface area (Å²) in [7, 11) is 1.54. The molecule has 116 valence electrons. The van der Waals surface area contributed by atoms with E-state index in [1.54, 1.807) is 6.92 Å². The van der Waals surface area contributed by atoms with Crippen molar-refractivity contribution in [1.29, 1.82) is 0 Å². The molecule has 0 spiro atoms. The number of aromatic nitrogens is 1. The van der Waals surface area contributed by atoms with Crippen molar-refractivity contribution in [2.45, 2.75) is 6.92 Å². The van der Waals surface area contributed by atoms with Crippen LogP contribution in [0.1, 0.15) is 22.8 Å². The number of esters is 1. The molecule has 8 nitrogen and oxygen atoms in total. The number of nitrogens with zero attached hydrogens (tertiary/aromatic N) is 1. The number of H-pyrrole nitrogens is 1. The lowest BCUT2D eigenvalue weighted by molar-refractivity contribution is -0.418. The van der Waals surface area contributed by atoms with E-state index < -0.39 is 37.2 Å². The normalized spacial score (nSPS) is 13.0. The third-order valence-electron chi connectivity index (χ3n) is 2.80. The second-order valence-electron chi connectivity index (χ2n) is 4.08. The molecule has 0 amide bonds. The molecule has 9 heteroatoms. The molecule has 2 rings (SSSR count). The van der Waals surface area contributed by atoms with E-state index in [9.17, 15) is 19.7 Å². The van der Waals surface area contributed by atoms with Gasteiger partial charge in [0.05, 0.1) is 21.3 Å². The summed E-state index contributed by atoms with van der Waals surface area (Å²) in [6.07, 6.45) is 1.29. The summed E-state index contributed by atoms with van der Waals surface area (Å²) in [5.74, 6) is -0.760. The van der Waals surface area contributed by atoms with Crippen molar-refractivity contribution < 1.29 is 14.5 Å². The Bertz CT molecular complexity index is 802. The molecule has 22 heavy (non-hydrogen) atoms. The number of fused-ring (bicyclic) bond motifs is 1. The zero-order valence-corrected chi connectivity index (χ0v) is 13.9. The van der Waals surface area contributed by atoms with Crippen LogP contribution in [0.15, 0.2) is 22.6 Å². The molecule has 0 radical (unpaired) electrons. The molecule has 0 aliphatic carbocycles. The maximum atomic E-state index is 12.0. The summed E-state index contributed by atoms with van der Waals surface area (Å²) in [5.41, 5.74) is -0.263. The Kier molecular flexibility index (Phi) is 4.88. The first-order valence-corrected chi connectivity index (χ1v) is 8.39. The minimum absolute atomic E-state index is 0.131. The van der Waals surface area contributed by atoms with Crippen molar-refractivity contribution in [3.05, 3.63) is 53.1 Å². The van der Waals surface area contributed by atoms with E-state index in [1.807, 2.05) is 0 Å². The predicted octanol–water partition coefficient (Wildman–Crippen LogP) is 0.827. The fraction of sp³-hybridized carbons (Fsp3) is 0.231. The molecule has 1 aromatic rings. The van der Waals surface area contributed by atoms with Crippen molar-refractivity contribution in [3.8, 4) is 0 Å². The van der Waals surface area contributed by atoms with Crippen LogP contribution in [0.2, 0.25) is 0 Å². The monoisotopic (exact) mass is 417 g/mol. The lowest BCUT2D eigenvalue weighted by Crippen LogP contribution is -2.23. The second-order valence-corrected chi connectivity index (χ2v) is 6.32. The Hall–Kier alpha value is -2.26. The molecule has 2 N–H and O–H groups in total. The molecule has 0 aromatic carbocycles. The van der Waals surface area contributed by atoms with Crippen LogP contribution in [0.5, 0.6) is 0 Å². The molecule has 1 aliphatic rings. The third kappa shape index (κ3) is 3.00. The van der Waals surface area contributed by atoms with E-state index >= 15 is 0 Å². The Morgan fingerprint density at radius 2 is 2.32 bits per heavy atom. The summed E-state index contributed by atoms with van der Waals surface area (Å²) in [6, 6.07) is 1.34. The maximum Gasteiger partial charge on any atom is 0.343 e. The van der Waals surface area contributed by atoms with Gasteiger partial charge in [-0.25, -0.2) is 4.79 Å². The first-order valence-electron chi connectivity index (χ1n) is 6.23. The summed E-state index contributed by atoms with van der Waals surface area (Å²) < 4.78 is 8.24. The Labute approximate surface area is 134 Å². The number of halogens is 1. The van der Waals surface area contributed by atoms with Gasteiger partial charge in [-0.3, -0.25) is 14.9 Å². The van der Waals surface area contributed by atoms with Crippen LogP contribution in [-0.2, 0) is 4.74 Å². The fourth-order valence-electron chi connectivity index (χ4n) is 1.87. The SMILES string of the molecule is CCOC(=O)c1cc2c([nH]c1=O)I=C=CC([N+](=O)[O-])=C2NC. The molecule has 0 unspecified atom stereocenters. The first kappa shape index (κ1) is 16.1. The average molecular weight is 417 g/mol. The molecule has 0 saturated carbocycles. The van der Waals surface area contributed by atoms with Gasteiger partial charge in [0.1, 0.15) is 11.3 Å². The molecule has 0 atom stereocenters. The number of hydrogen-bond acceptors (Lipinski definition) is 6. The molecule has 0 fully saturated rings. The van der Waals surface area contributed by atoms with E-state index in [0.717, 1.165) is 0 Å². The summed E-state index contributed by atoms with van der Waals surface area (Å²) in [4.78, 5) is 37.0. The van der Waals surface area contributed by atoms with Gasteiger partial charge in [-0.1, -0.05) is 3.67 Å². The van der Waals surface area contributed by atoms with Gasteiger partial charge in [0.15, 0.2) is 0 Å². The highest BCUT2D eigenvalue weighted by atomic mass is 127. The van der Waals surface area contributed by atoms with Gasteiger partial charge in [-0.2, -0.15) is 0 Å². The number of carbonyl (C=O) groups is 1. The third-order valence-corrected chi connectivity index (χ3v) is 4.81. The van der Waals surface area contributed by atoms with Crippen LogP contribution in [0, 0.1) is 13.8 Å². The number of carbonyl (C=O) groups excluding carboxylic acids is 1. The van der Waals surface area contributed by atoms with Gasteiger partial charge < -0.3 is 15.0 Å². The molecule has 1 aliphatic heterocycles. The number of pyridine rings is 1. The maximum absolute atomic E-state index is 12.0. The van der Waals surface area contributed by atoms with Gasteiger partial charge in [0, 0.05) is 12.6 Å². The van der Waals surface area contributed by atoms with Crippen LogP contribution < -0.4 is 10.9 Å². The van der Waals surface area contributed by atoms with Crippen molar-refractivity contribution in [3.63, 3.8) is 0 Å². The van der Waals surface area contributed by atoms with Crippen LogP contribution >= 0.6 is 20.7 Å². The van der Waals surface area contributed by atoms with Gasteiger partial charge in [-0.05, 0) is 33.7 Å². The number of nitro groups is 1. The van der Waals surface area contributed by atoms with Crippen molar-refractivity contribution in [2.75, 3.05) is 13.7 Å². The average Bonchev–Trinajstić information content (AvgIpc) is 2.65. The molecular formula is C13H12IN3O5. The second kappa shape index (κ2) is 6.67. The molecule has 0 bridgehead atoms. The number of nitrogens with one attached hydrogen (secondary N) is 2. The molecule has 0 saturated heterocycles.